The first-order valence-corrected chi connectivity index (χ1v) is 7.23. The van der Waals surface area contributed by atoms with Crippen LogP contribution in [0, 0.1) is 0 Å². The Bertz CT molecular complexity index is 563. The Hall–Kier alpha value is -2.07. The number of benzene rings is 1. The number of hydrogen-bond acceptors (Lipinski definition) is 4. The molecule has 1 heterocycles. The molecule has 1 aromatic rings. The summed E-state index contributed by atoms with van der Waals surface area (Å²) in [5.41, 5.74) is 0.685. The van der Waals surface area contributed by atoms with E-state index in [0.717, 1.165) is 24.9 Å². The molecule has 0 radical (unpaired) electrons. The quantitative estimate of drug-likeness (QED) is 0.785. The van der Waals surface area contributed by atoms with E-state index in [-0.39, 0.29) is 5.88 Å². The van der Waals surface area contributed by atoms with Gasteiger partial charge in [0.25, 0.3) is 0 Å². The Morgan fingerprint density at radius 1 is 1.38 bits per heavy atom. The molecule has 0 amide bonds. The van der Waals surface area contributed by atoms with E-state index in [1.54, 1.807) is 13.0 Å². The smallest absolute Gasteiger partial charge is 0.221 e. The van der Waals surface area contributed by atoms with Crippen molar-refractivity contribution in [2.75, 3.05) is 6.54 Å². The molecule has 2 rings (SSSR count). The third-order valence-corrected chi connectivity index (χ3v) is 3.29. The predicted molar refractivity (Wildman–Crippen MR) is 85.1 cm³/mol. The van der Waals surface area contributed by atoms with Crippen molar-refractivity contribution in [3.8, 4) is 0 Å². The van der Waals surface area contributed by atoms with Crippen molar-refractivity contribution < 1.29 is 9.84 Å². The molecule has 0 saturated carbocycles. The average Bonchev–Trinajstić information content (AvgIpc) is 2.48. The van der Waals surface area contributed by atoms with E-state index < -0.39 is 5.72 Å². The van der Waals surface area contributed by atoms with Crippen LogP contribution in [0.5, 0.6) is 0 Å². The van der Waals surface area contributed by atoms with Gasteiger partial charge in [-0.25, -0.2) is 0 Å². The summed E-state index contributed by atoms with van der Waals surface area (Å²) in [5.74, 6) is 0.287. The second-order valence-corrected chi connectivity index (χ2v) is 5.18. The van der Waals surface area contributed by atoms with Crippen LogP contribution >= 0.6 is 0 Å². The van der Waals surface area contributed by atoms with Crippen LogP contribution in [0.25, 0.3) is 0 Å². The van der Waals surface area contributed by atoms with Gasteiger partial charge in [-0.15, -0.1) is 0 Å². The summed E-state index contributed by atoms with van der Waals surface area (Å²) in [5, 5.41) is 13.4. The minimum atomic E-state index is -0.906. The second-order valence-electron chi connectivity index (χ2n) is 5.18. The molecule has 1 unspecified atom stereocenters. The fourth-order valence-corrected chi connectivity index (χ4v) is 2.17. The Morgan fingerprint density at radius 3 is 2.71 bits per heavy atom. The highest BCUT2D eigenvalue weighted by atomic mass is 16.5. The largest absolute Gasteiger partial charge is 0.493 e. The summed E-state index contributed by atoms with van der Waals surface area (Å²) >= 11 is 0. The molecule has 1 aliphatic heterocycles. The first-order valence-electron chi connectivity index (χ1n) is 7.23. The van der Waals surface area contributed by atoms with E-state index in [9.17, 15) is 5.11 Å². The standard InChI is InChI=1S/C17H22N2O2/c1-4-5-11-18-17(14-9-7-6-8-10-14)12-15(20)19-16(21-17)13(2)3/h6-10,12,18,20H,2,4-5,11H2,1,3H3. The zero-order valence-corrected chi connectivity index (χ0v) is 12.6. The molecule has 1 atom stereocenters. The molecule has 0 aromatic heterocycles. The first-order chi connectivity index (χ1) is 10.1. The lowest BCUT2D eigenvalue weighted by molar-refractivity contribution is 0.0561. The molecule has 0 bridgehead atoms. The minimum Gasteiger partial charge on any atom is -0.493 e. The molecular weight excluding hydrogens is 264 g/mol. The number of aliphatic hydroxyl groups is 1. The molecule has 0 saturated heterocycles. The highest BCUT2D eigenvalue weighted by Crippen LogP contribution is 2.30. The maximum atomic E-state index is 9.99. The number of ether oxygens (including phenoxy) is 1. The number of nitrogens with zero attached hydrogens (tertiary/aromatic N) is 1. The first kappa shape index (κ1) is 15.3. The highest BCUT2D eigenvalue weighted by Gasteiger charge is 2.36. The van der Waals surface area contributed by atoms with Crippen LogP contribution in [0.1, 0.15) is 32.3 Å². The van der Waals surface area contributed by atoms with Crippen LogP contribution in [0.4, 0.5) is 0 Å². The normalized spacial score (nSPS) is 21.2. The van der Waals surface area contributed by atoms with Crippen molar-refractivity contribution in [3.63, 3.8) is 0 Å². The fraction of sp³-hybridized carbons (Fsp3) is 0.353. The SMILES string of the molecule is C=C(C)C1=NC(O)=CC(NCCCC)(c2ccccc2)O1. The number of rotatable bonds is 6. The van der Waals surface area contributed by atoms with Gasteiger partial charge in [0.05, 0.1) is 0 Å². The number of unbranched alkanes of at least 4 members (excludes halogenated alkanes) is 1. The lowest BCUT2D eigenvalue weighted by Crippen LogP contribution is -2.47. The van der Waals surface area contributed by atoms with Gasteiger partial charge >= 0.3 is 0 Å². The summed E-state index contributed by atoms with van der Waals surface area (Å²) in [6.07, 6.45) is 3.70. The van der Waals surface area contributed by atoms with E-state index in [2.05, 4.69) is 23.8 Å². The highest BCUT2D eigenvalue weighted by molar-refractivity contribution is 5.93. The molecule has 1 aliphatic rings. The van der Waals surface area contributed by atoms with E-state index in [1.807, 2.05) is 30.3 Å². The summed E-state index contributed by atoms with van der Waals surface area (Å²) in [6, 6.07) is 9.76. The van der Waals surface area contributed by atoms with E-state index in [4.69, 9.17) is 4.74 Å². The zero-order valence-electron chi connectivity index (χ0n) is 12.6. The van der Waals surface area contributed by atoms with E-state index in [1.165, 1.54) is 0 Å². The molecule has 2 N–H and O–H groups in total. The minimum absolute atomic E-state index is 0.0629. The monoisotopic (exact) mass is 286 g/mol. The van der Waals surface area contributed by atoms with Crippen LogP contribution < -0.4 is 5.32 Å². The van der Waals surface area contributed by atoms with Gasteiger partial charge in [-0.3, -0.25) is 5.32 Å². The average molecular weight is 286 g/mol. The molecule has 4 heteroatoms. The molecule has 112 valence electrons. The molecular formula is C17H22N2O2. The molecule has 0 spiro atoms. The van der Waals surface area contributed by atoms with Crippen LogP contribution in [-0.2, 0) is 10.5 Å². The van der Waals surface area contributed by atoms with E-state index >= 15 is 0 Å². The van der Waals surface area contributed by atoms with Crippen LogP contribution in [-0.4, -0.2) is 17.5 Å². The maximum Gasteiger partial charge on any atom is 0.221 e. The molecule has 4 nitrogen and oxygen atoms in total. The topological polar surface area (TPSA) is 53.9 Å². The fourth-order valence-electron chi connectivity index (χ4n) is 2.17. The number of nitrogens with one attached hydrogen (secondary N) is 1. The van der Waals surface area contributed by atoms with Crippen molar-refractivity contribution in [3.05, 3.63) is 60.0 Å². The number of hydrogen-bond donors (Lipinski definition) is 2. The maximum absolute atomic E-state index is 9.99. The van der Waals surface area contributed by atoms with Gasteiger partial charge < -0.3 is 9.84 Å². The molecule has 1 aromatic carbocycles. The van der Waals surface area contributed by atoms with Crippen molar-refractivity contribution in [1.29, 1.82) is 0 Å². The van der Waals surface area contributed by atoms with Crippen molar-refractivity contribution >= 4 is 5.90 Å². The van der Waals surface area contributed by atoms with Gasteiger partial charge in [0, 0.05) is 17.2 Å². The van der Waals surface area contributed by atoms with Gasteiger partial charge in [0.1, 0.15) is 0 Å². The van der Waals surface area contributed by atoms with Crippen molar-refractivity contribution in [2.45, 2.75) is 32.4 Å². The van der Waals surface area contributed by atoms with Gasteiger partial charge in [0.15, 0.2) is 0 Å². The van der Waals surface area contributed by atoms with Gasteiger partial charge in [-0.05, 0) is 19.9 Å². The zero-order chi connectivity index (χ0) is 15.3. The number of aliphatic imine (C=N–C) groups is 1. The van der Waals surface area contributed by atoms with Crippen LogP contribution in [0.2, 0.25) is 0 Å². The van der Waals surface area contributed by atoms with E-state index in [0.29, 0.717) is 11.5 Å². The second kappa shape index (κ2) is 6.59. The van der Waals surface area contributed by atoms with Gasteiger partial charge in [0.2, 0.25) is 17.5 Å². The van der Waals surface area contributed by atoms with Gasteiger partial charge in [-0.1, -0.05) is 50.3 Å². The Kier molecular flexibility index (Phi) is 4.81. The van der Waals surface area contributed by atoms with Crippen LogP contribution in [0.3, 0.4) is 0 Å². The summed E-state index contributed by atoms with van der Waals surface area (Å²) in [7, 11) is 0. The Balaban J connectivity index is 2.38. The molecule has 0 fully saturated rings. The van der Waals surface area contributed by atoms with Crippen molar-refractivity contribution in [1.82, 2.24) is 5.32 Å². The summed E-state index contributed by atoms with van der Waals surface area (Å²) in [4.78, 5) is 4.00. The third-order valence-electron chi connectivity index (χ3n) is 3.29. The lowest BCUT2D eigenvalue weighted by atomic mass is 10.0. The lowest BCUT2D eigenvalue weighted by Gasteiger charge is -2.35. The van der Waals surface area contributed by atoms with Crippen LogP contribution in [0.15, 0.2) is 59.4 Å². The third kappa shape index (κ3) is 3.52. The van der Waals surface area contributed by atoms with Gasteiger partial charge in [-0.2, -0.15) is 4.99 Å². The molecule has 0 aliphatic carbocycles. The summed E-state index contributed by atoms with van der Waals surface area (Å²) < 4.78 is 6.04. The summed E-state index contributed by atoms with van der Waals surface area (Å²) in [6.45, 7) is 8.56. The van der Waals surface area contributed by atoms with Crippen molar-refractivity contribution in [2.24, 2.45) is 4.99 Å². The number of aliphatic hydroxyl groups excluding tert-OH is 1. The predicted octanol–water partition coefficient (Wildman–Crippen LogP) is 3.63. The Labute approximate surface area is 125 Å². The Morgan fingerprint density at radius 2 is 2.10 bits per heavy atom. The molecule has 21 heavy (non-hydrogen) atoms.